The van der Waals surface area contributed by atoms with Crippen molar-refractivity contribution in [3.05, 3.63) is 130 Å². The van der Waals surface area contributed by atoms with E-state index in [1.54, 1.807) is 53.7 Å². The number of nitrogen functional groups attached to an aromatic ring is 1. The fourth-order valence-corrected chi connectivity index (χ4v) is 8.70. The fraction of sp³-hybridized carbons (Fsp3) is 0.392. The lowest BCUT2D eigenvalue weighted by atomic mass is 9.94. The van der Waals surface area contributed by atoms with Crippen molar-refractivity contribution in [2.24, 2.45) is 4.99 Å². The number of anilines is 1. The molecule has 15 nitrogen and oxygen atoms in total. The summed E-state index contributed by atoms with van der Waals surface area (Å²) in [6.07, 6.45) is 1.41. The van der Waals surface area contributed by atoms with Gasteiger partial charge in [0.2, 0.25) is 11.2 Å². The summed E-state index contributed by atoms with van der Waals surface area (Å²) in [5.41, 5.74) is 4.66. The number of halogens is 2. The maximum atomic E-state index is 15.7. The van der Waals surface area contributed by atoms with E-state index >= 15 is 4.39 Å². The van der Waals surface area contributed by atoms with Gasteiger partial charge in [-0.25, -0.2) is 33.2 Å². The molecular weight excluding hydrogens is 883 g/mol. The standard InChI is InChI=1S/C30H27FN2O5.C17H19FN2O5.C4H8O/c1-29(2,3)37-24(34)18-33-27(35)30(38-28(33)36)15-14-21-16-22(17-23(31)25(21)30)32-26(19-10-6-4-7-11-19)20-12-8-5-9-13-20;1-16(2,3)24-12(21)8-20-14(22)17(25-15(20)23)5-4-9-6-10(19)7-11(18)13(9)17;1-2-4-5-3-1/h4-13,16-17H,14-15,18H2,1-3H3;6-7H,4-5,8,19H2,1-3H3;1-4H2. The van der Waals surface area contributed by atoms with Crippen LogP contribution in [0, 0.1) is 11.6 Å². The third kappa shape index (κ3) is 10.4. The van der Waals surface area contributed by atoms with Gasteiger partial charge in [0.25, 0.3) is 11.8 Å². The number of carbonyl (C=O) groups excluding carboxylic acids is 6. The largest absolute Gasteiger partial charge is 0.459 e. The average Bonchev–Trinajstić information content (AvgIpc) is 4.10. The number of hydrogen-bond donors (Lipinski definition) is 1. The molecular formula is C51H54F2N4O11. The third-order valence-electron chi connectivity index (χ3n) is 11.4. The molecule has 2 aliphatic carbocycles. The third-order valence-corrected chi connectivity index (χ3v) is 11.4. The molecule has 4 aromatic carbocycles. The molecule has 5 aliphatic rings. The van der Waals surface area contributed by atoms with Crippen LogP contribution in [-0.2, 0) is 66.9 Å². The van der Waals surface area contributed by atoms with Crippen molar-refractivity contribution in [3.63, 3.8) is 0 Å². The molecule has 0 radical (unpaired) electrons. The lowest BCUT2D eigenvalue weighted by Crippen LogP contribution is -2.41. The number of nitrogens with two attached hydrogens (primary N) is 1. The number of benzene rings is 4. The molecule has 0 bridgehead atoms. The molecule has 2 spiro atoms. The van der Waals surface area contributed by atoms with E-state index < -0.39 is 83.1 Å². The normalized spacial score (nSPS) is 20.2. The molecule has 3 aliphatic heterocycles. The van der Waals surface area contributed by atoms with Gasteiger partial charge >= 0.3 is 24.1 Å². The maximum Gasteiger partial charge on any atom is 0.418 e. The number of carbonyl (C=O) groups is 6. The Balaban J connectivity index is 0.000000195. The van der Waals surface area contributed by atoms with Crippen LogP contribution < -0.4 is 5.73 Å². The van der Waals surface area contributed by atoms with E-state index in [0.29, 0.717) is 45.2 Å². The van der Waals surface area contributed by atoms with E-state index in [-0.39, 0.29) is 29.7 Å². The minimum Gasteiger partial charge on any atom is -0.459 e. The number of esters is 2. The highest BCUT2D eigenvalue weighted by molar-refractivity contribution is 6.14. The number of hydrogen-bond acceptors (Lipinski definition) is 13. The van der Waals surface area contributed by atoms with E-state index in [4.69, 9.17) is 34.4 Å². The van der Waals surface area contributed by atoms with Gasteiger partial charge in [-0.3, -0.25) is 19.2 Å². The van der Waals surface area contributed by atoms with Crippen molar-refractivity contribution in [1.29, 1.82) is 0 Å². The quantitative estimate of drug-likeness (QED) is 0.0811. The summed E-state index contributed by atoms with van der Waals surface area (Å²) in [6, 6.07) is 24.8. The lowest BCUT2D eigenvalue weighted by molar-refractivity contribution is -0.158. The molecule has 0 aromatic heterocycles. The molecule has 9 rings (SSSR count). The van der Waals surface area contributed by atoms with Gasteiger partial charge in [0, 0.05) is 54.0 Å². The summed E-state index contributed by atoms with van der Waals surface area (Å²) >= 11 is 0. The summed E-state index contributed by atoms with van der Waals surface area (Å²) in [4.78, 5) is 81.4. The second kappa shape index (κ2) is 19.3. The number of aliphatic imine (C=N–C) groups is 1. The molecule has 4 amide bonds. The highest BCUT2D eigenvalue weighted by atomic mass is 19.1. The topological polar surface area (TPSA) is 193 Å². The van der Waals surface area contributed by atoms with Gasteiger partial charge < -0.3 is 29.4 Å². The van der Waals surface area contributed by atoms with Crippen LogP contribution in [0.4, 0.5) is 29.7 Å². The summed E-state index contributed by atoms with van der Waals surface area (Å²) in [5.74, 6) is -4.42. The number of amides is 4. The molecule has 68 heavy (non-hydrogen) atoms. The van der Waals surface area contributed by atoms with E-state index in [9.17, 15) is 33.2 Å². The first kappa shape index (κ1) is 48.9. The first-order valence-corrected chi connectivity index (χ1v) is 22.3. The van der Waals surface area contributed by atoms with Gasteiger partial charge in [-0.15, -0.1) is 0 Å². The van der Waals surface area contributed by atoms with Gasteiger partial charge in [0.15, 0.2) is 0 Å². The van der Waals surface area contributed by atoms with Crippen LogP contribution in [0.1, 0.15) is 101 Å². The highest BCUT2D eigenvalue weighted by Crippen LogP contribution is 2.49. The number of ether oxygens (including phenoxy) is 5. The predicted octanol–water partition coefficient (Wildman–Crippen LogP) is 8.12. The van der Waals surface area contributed by atoms with Crippen LogP contribution in [0.25, 0.3) is 0 Å². The minimum atomic E-state index is -1.80. The lowest BCUT2D eigenvalue weighted by Gasteiger charge is -2.22. The number of rotatable bonds is 7. The van der Waals surface area contributed by atoms with Crippen molar-refractivity contribution >= 4 is 53.0 Å². The Morgan fingerprint density at radius 3 is 1.50 bits per heavy atom. The zero-order valence-electron chi connectivity index (χ0n) is 38.8. The molecule has 3 saturated heterocycles. The van der Waals surface area contributed by atoms with Crippen molar-refractivity contribution < 1.29 is 61.2 Å². The predicted molar refractivity (Wildman–Crippen MR) is 244 cm³/mol. The zero-order valence-corrected chi connectivity index (χ0v) is 38.8. The first-order valence-electron chi connectivity index (χ1n) is 22.3. The molecule has 17 heteroatoms. The summed E-state index contributed by atoms with van der Waals surface area (Å²) in [5, 5.41) is 0. The monoisotopic (exact) mass is 936 g/mol. The fourth-order valence-electron chi connectivity index (χ4n) is 8.70. The second-order valence-corrected chi connectivity index (χ2v) is 18.9. The molecule has 4 aromatic rings. The van der Waals surface area contributed by atoms with Crippen LogP contribution in [0.5, 0.6) is 0 Å². The smallest absolute Gasteiger partial charge is 0.418 e. The second-order valence-electron chi connectivity index (χ2n) is 18.9. The van der Waals surface area contributed by atoms with E-state index in [0.717, 1.165) is 30.4 Å². The maximum absolute atomic E-state index is 15.7. The van der Waals surface area contributed by atoms with E-state index in [1.807, 2.05) is 60.7 Å². The van der Waals surface area contributed by atoms with Crippen molar-refractivity contribution in [3.8, 4) is 0 Å². The van der Waals surface area contributed by atoms with Gasteiger partial charge in [0.05, 0.1) is 11.4 Å². The molecule has 0 saturated carbocycles. The van der Waals surface area contributed by atoms with Crippen molar-refractivity contribution in [1.82, 2.24) is 9.80 Å². The van der Waals surface area contributed by atoms with Crippen LogP contribution in [-0.4, -0.2) is 89.0 Å². The Bertz CT molecular complexity index is 2610. The Labute approximate surface area is 392 Å². The zero-order chi connectivity index (χ0) is 49.2. The minimum absolute atomic E-state index is 0.0162. The van der Waals surface area contributed by atoms with Crippen LogP contribution in [0.3, 0.4) is 0 Å². The number of fused-ring (bicyclic) bond motifs is 4. The van der Waals surface area contributed by atoms with Gasteiger partial charge in [0.1, 0.15) is 35.9 Å². The molecule has 2 atom stereocenters. The Morgan fingerprint density at radius 1 is 0.662 bits per heavy atom. The first-order chi connectivity index (χ1) is 32.1. The summed E-state index contributed by atoms with van der Waals surface area (Å²) in [6.45, 7) is 10.9. The Morgan fingerprint density at radius 2 is 1.09 bits per heavy atom. The summed E-state index contributed by atoms with van der Waals surface area (Å²) in [7, 11) is 0. The number of nitrogens with zero attached hydrogens (tertiary/aromatic N) is 3. The van der Waals surface area contributed by atoms with E-state index in [2.05, 4.69) is 0 Å². The average molecular weight is 937 g/mol. The van der Waals surface area contributed by atoms with Crippen LogP contribution in [0.15, 0.2) is 89.9 Å². The number of imide groups is 2. The van der Waals surface area contributed by atoms with Crippen LogP contribution in [0.2, 0.25) is 0 Å². The van der Waals surface area contributed by atoms with Gasteiger partial charge in [-0.05, 0) is 103 Å². The highest BCUT2D eigenvalue weighted by Gasteiger charge is 2.61. The SMILES string of the molecule is C1CCOC1.CC(C)(C)OC(=O)CN1C(=O)OC2(CCc3cc(N)cc(F)c32)C1=O.CC(C)(C)OC(=O)CN1C(=O)OC2(CCc3cc(N=C(c4ccccc4)c4ccccc4)cc(F)c32)C1=O. The molecule has 3 heterocycles. The van der Waals surface area contributed by atoms with E-state index in [1.165, 1.54) is 18.9 Å². The number of aryl methyl sites for hydroxylation is 2. The van der Waals surface area contributed by atoms with Gasteiger partial charge in [-0.1, -0.05) is 60.7 Å². The Kier molecular flexibility index (Phi) is 13.9. The van der Waals surface area contributed by atoms with Gasteiger partial charge in [-0.2, -0.15) is 0 Å². The molecule has 2 unspecified atom stereocenters. The molecule has 358 valence electrons. The summed E-state index contributed by atoms with van der Waals surface area (Å²) < 4.78 is 56.2. The van der Waals surface area contributed by atoms with Crippen molar-refractivity contribution in [2.75, 3.05) is 32.0 Å². The van der Waals surface area contributed by atoms with Crippen LogP contribution >= 0.6 is 0 Å². The Hall–Kier alpha value is -7.01. The molecule has 3 fully saturated rings. The van der Waals surface area contributed by atoms with Crippen molar-refractivity contribution in [2.45, 2.75) is 102 Å². The molecule has 2 N–H and O–H groups in total.